The molecule has 0 aromatic heterocycles. The fraction of sp³-hybridized carbons (Fsp3) is 0.462. The van der Waals surface area contributed by atoms with Crippen molar-refractivity contribution in [2.24, 2.45) is 5.73 Å². The Morgan fingerprint density at radius 2 is 1.95 bits per heavy atom. The summed E-state index contributed by atoms with van der Waals surface area (Å²) < 4.78 is 40.5. The van der Waals surface area contributed by atoms with Crippen LogP contribution in [0.15, 0.2) is 18.2 Å². The van der Waals surface area contributed by atoms with E-state index in [1.807, 2.05) is 0 Å². The molecule has 4 nitrogen and oxygen atoms in total. The first kappa shape index (κ1) is 15.2. The molecule has 1 aliphatic carbocycles. The Kier molecular flexibility index (Phi) is 4.59. The van der Waals surface area contributed by atoms with Crippen molar-refractivity contribution in [1.82, 2.24) is 0 Å². The standard InChI is InChI=1S/C13H17FN2O2S2/c14-12-7-6-9(8-11(12)13(15)19)16-20(17,18)10-4-2-1-3-5-10/h6-8,10,16H,1-5H2,(H2,15,19). The topological polar surface area (TPSA) is 72.2 Å². The number of sulfonamides is 1. The zero-order chi connectivity index (χ0) is 14.8. The van der Waals surface area contributed by atoms with Crippen molar-refractivity contribution in [3.8, 4) is 0 Å². The number of benzene rings is 1. The number of hydrogen-bond donors (Lipinski definition) is 2. The number of nitrogens with two attached hydrogens (primary N) is 1. The molecule has 7 heteroatoms. The van der Waals surface area contributed by atoms with Gasteiger partial charge < -0.3 is 5.73 Å². The molecular formula is C13H17FN2O2S2. The molecule has 1 saturated carbocycles. The number of halogens is 1. The zero-order valence-electron chi connectivity index (χ0n) is 10.9. The summed E-state index contributed by atoms with van der Waals surface area (Å²) in [4.78, 5) is -0.0961. The average Bonchev–Trinajstić information content (AvgIpc) is 2.41. The molecule has 3 N–H and O–H groups in total. The van der Waals surface area contributed by atoms with E-state index in [0.717, 1.165) is 25.3 Å². The first-order valence-electron chi connectivity index (χ1n) is 6.51. The molecule has 1 aromatic rings. The van der Waals surface area contributed by atoms with Crippen molar-refractivity contribution >= 4 is 32.9 Å². The molecule has 0 heterocycles. The van der Waals surface area contributed by atoms with E-state index in [1.54, 1.807) is 0 Å². The van der Waals surface area contributed by atoms with E-state index in [-0.39, 0.29) is 15.8 Å². The maximum atomic E-state index is 13.5. The monoisotopic (exact) mass is 316 g/mol. The smallest absolute Gasteiger partial charge is 0.235 e. The Labute approximate surface area is 123 Å². The van der Waals surface area contributed by atoms with Gasteiger partial charge in [-0.2, -0.15) is 0 Å². The minimum absolute atomic E-state index is 0.0452. The summed E-state index contributed by atoms with van der Waals surface area (Å²) in [6, 6.07) is 3.86. The maximum absolute atomic E-state index is 13.5. The van der Waals surface area contributed by atoms with Gasteiger partial charge in [-0.05, 0) is 31.0 Å². The zero-order valence-corrected chi connectivity index (χ0v) is 12.6. The van der Waals surface area contributed by atoms with E-state index in [9.17, 15) is 12.8 Å². The van der Waals surface area contributed by atoms with Gasteiger partial charge >= 0.3 is 0 Å². The van der Waals surface area contributed by atoms with Crippen LogP contribution in [0.1, 0.15) is 37.7 Å². The molecule has 2 rings (SSSR count). The van der Waals surface area contributed by atoms with Crippen LogP contribution in [0.4, 0.5) is 10.1 Å². The molecule has 20 heavy (non-hydrogen) atoms. The summed E-state index contributed by atoms with van der Waals surface area (Å²) in [5.74, 6) is -0.557. The molecular weight excluding hydrogens is 299 g/mol. The Bertz CT molecular complexity index is 611. The lowest BCUT2D eigenvalue weighted by Crippen LogP contribution is -2.29. The molecule has 0 amide bonds. The van der Waals surface area contributed by atoms with E-state index in [0.29, 0.717) is 18.5 Å². The Balaban J connectivity index is 2.20. The van der Waals surface area contributed by atoms with Gasteiger partial charge in [0.2, 0.25) is 10.0 Å². The average molecular weight is 316 g/mol. The van der Waals surface area contributed by atoms with Gasteiger partial charge in [0.15, 0.2) is 0 Å². The predicted molar refractivity (Wildman–Crippen MR) is 81.7 cm³/mol. The lowest BCUT2D eigenvalue weighted by molar-refractivity contribution is 0.486. The van der Waals surface area contributed by atoms with Gasteiger partial charge in [-0.25, -0.2) is 12.8 Å². The van der Waals surface area contributed by atoms with Gasteiger partial charge in [0.1, 0.15) is 10.8 Å². The van der Waals surface area contributed by atoms with E-state index < -0.39 is 15.8 Å². The molecule has 0 aliphatic heterocycles. The molecule has 1 aromatic carbocycles. The van der Waals surface area contributed by atoms with Crippen molar-refractivity contribution in [2.75, 3.05) is 4.72 Å². The minimum atomic E-state index is -3.45. The normalized spacial score (nSPS) is 16.9. The highest BCUT2D eigenvalue weighted by atomic mass is 32.2. The quantitative estimate of drug-likeness (QED) is 0.837. The van der Waals surface area contributed by atoms with Crippen molar-refractivity contribution < 1.29 is 12.8 Å². The van der Waals surface area contributed by atoms with Gasteiger partial charge in [0.05, 0.1) is 5.25 Å². The molecule has 0 bridgehead atoms. The van der Waals surface area contributed by atoms with Crippen molar-refractivity contribution in [2.45, 2.75) is 37.4 Å². The van der Waals surface area contributed by atoms with Gasteiger partial charge in [0.25, 0.3) is 0 Å². The summed E-state index contributed by atoms with van der Waals surface area (Å²) in [7, 11) is -3.45. The van der Waals surface area contributed by atoms with E-state index >= 15 is 0 Å². The molecule has 110 valence electrons. The van der Waals surface area contributed by atoms with Crippen molar-refractivity contribution in [1.29, 1.82) is 0 Å². The summed E-state index contributed by atoms with van der Waals surface area (Å²) in [6.07, 6.45) is 4.26. The number of hydrogen-bond acceptors (Lipinski definition) is 3. The van der Waals surface area contributed by atoms with Gasteiger partial charge in [0, 0.05) is 11.3 Å². The lowest BCUT2D eigenvalue weighted by Gasteiger charge is -2.22. The summed E-state index contributed by atoms with van der Waals surface area (Å²) in [5.41, 5.74) is 5.74. The van der Waals surface area contributed by atoms with Crippen molar-refractivity contribution in [3.63, 3.8) is 0 Å². The molecule has 0 saturated heterocycles. The second-order valence-electron chi connectivity index (χ2n) is 4.97. The van der Waals surface area contributed by atoms with Crippen LogP contribution in [0, 0.1) is 5.82 Å². The van der Waals surface area contributed by atoms with E-state index in [2.05, 4.69) is 4.72 Å². The predicted octanol–water partition coefficient (Wildman–Crippen LogP) is 2.53. The number of nitrogens with one attached hydrogen (secondary N) is 1. The van der Waals surface area contributed by atoms with Gasteiger partial charge in [-0.3, -0.25) is 4.72 Å². The van der Waals surface area contributed by atoms with E-state index in [1.165, 1.54) is 12.1 Å². The molecule has 0 radical (unpaired) electrons. The fourth-order valence-corrected chi connectivity index (χ4v) is 4.13. The third-order valence-electron chi connectivity index (χ3n) is 3.48. The van der Waals surface area contributed by atoms with Crippen LogP contribution in [0.2, 0.25) is 0 Å². The minimum Gasteiger partial charge on any atom is -0.389 e. The van der Waals surface area contributed by atoms with Crippen molar-refractivity contribution in [3.05, 3.63) is 29.6 Å². The molecule has 1 fully saturated rings. The highest BCUT2D eigenvalue weighted by Gasteiger charge is 2.27. The molecule has 0 unspecified atom stereocenters. The third-order valence-corrected chi connectivity index (χ3v) is 5.57. The maximum Gasteiger partial charge on any atom is 0.235 e. The largest absolute Gasteiger partial charge is 0.389 e. The first-order chi connectivity index (χ1) is 9.40. The molecule has 0 atom stereocenters. The molecule has 1 aliphatic rings. The second kappa shape index (κ2) is 6.05. The van der Waals surface area contributed by atoms with Crippen LogP contribution >= 0.6 is 12.2 Å². The number of thiocarbonyl (C=S) groups is 1. The summed E-state index contributed by atoms with van der Waals surface area (Å²) >= 11 is 4.74. The first-order valence-corrected chi connectivity index (χ1v) is 8.46. The highest BCUT2D eigenvalue weighted by molar-refractivity contribution is 7.93. The Hall–Kier alpha value is -1.21. The van der Waals surface area contributed by atoms with Crippen LogP contribution in [-0.2, 0) is 10.0 Å². The highest BCUT2D eigenvalue weighted by Crippen LogP contribution is 2.25. The van der Waals surface area contributed by atoms with Crippen LogP contribution in [-0.4, -0.2) is 18.7 Å². The van der Waals surface area contributed by atoms with Crippen LogP contribution < -0.4 is 10.5 Å². The lowest BCUT2D eigenvalue weighted by atomic mass is 10.0. The van der Waals surface area contributed by atoms with Gasteiger partial charge in [-0.15, -0.1) is 0 Å². The van der Waals surface area contributed by atoms with Crippen LogP contribution in [0.5, 0.6) is 0 Å². The second-order valence-corrected chi connectivity index (χ2v) is 7.37. The summed E-state index contributed by atoms with van der Waals surface area (Å²) in [6.45, 7) is 0. The Morgan fingerprint density at radius 3 is 2.55 bits per heavy atom. The SMILES string of the molecule is NC(=S)c1cc(NS(=O)(=O)C2CCCCC2)ccc1F. The summed E-state index contributed by atoms with van der Waals surface area (Å²) in [5, 5.41) is -0.380. The number of anilines is 1. The fourth-order valence-electron chi connectivity index (χ4n) is 2.40. The van der Waals surface area contributed by atoms with Crippen LogP contribution in [0.25, 0.3) is 0 Å². The van der Waals surface area contributed by atoms with E-state index in [4.69, 9.17) is 18.0 Å². The Morgan fingerprint density at radius 1 is 1.30 bits per heavy atom. The third kappa shape index (κ3) is 3.46. The van der Waals surface area contributed by atoms with Crippen LogP contribution in [0.3, 0.4) is 0 Å². The number of rotatable bonds is 4. The molecule has 0 spiro atoms. The van der Waals surface area contributed by atoms with Gasteiger partial charge in [-0.1, -0.05) is 31.5 Å².